The first-order valence-electron chi connectivity index (χ1n) is 6.92. The maximum atomic E-state index is 11.1. The van der Waals surface area contributed by atoms with Gasteiger partial charge in [-0.3, -0.25) is 0 Å². The quantitative estimate of drug-likeness (QED) is 0.801. The molecule has 4 nitrogen and oxygen atoms in total. The van der Waals surface area contributed by atoms with Gasteiger partial charge in [-0.2, -0.15) is 0 Å². The lowest BCUT2D eigenvalue weighted by molar-refractivity contribution is 0.271. The number of ether oxygens (including phenoxy) is 1. The van der Waals surface area contributed by atoms with E-state index in [-0.39, 0.29) is 11.8 Å². The van der Waals surface area contributed by atoms with Crippen molar-refractivity contribution >= 4 is 9.84 Å². The van der Waals surface area contributed by atoms with Crippen LogP contribution >= 0.6 is 0 Å². The minimum Gasteiger partial charge on any atom is -0.493 e. The maximum Gasteiger partial charge on any atom is 0.148 e. The van der Waals surface area contributed by atoms with E-state index < -0.39 is 9.84 Å². The van der Waals surface area contributed by atoms with Gasteiger partial charge in [0.2, 0.25) is 0 Å². The first-order chi connectivity index (χ1) is 9.28. The lowest BCUT2D eigenvalue weighted by Crippen LogP contribution is -2.25. The van der Waals surface area contributed by atoms with Crippen molar-refractivity contribution in [1.82, 2.24) is 5.32 Å². The van der Waals surface area contributed by atoms with Crippen LogP contribution < -0.4 is 10.1 Å². The minimum absolute atomic E-state index is 0.121. The fourth-order valence-electron chi connectivity index (χ4n) is 1.69. The van der Waals surface area contributed by atoms with Crippen LogP contribution in [0.2, 0.25) is 0 Å². The van der Waals surface area contributed by atoms with Crippen LogP contribution in [0, 0.1) is 5.92 Å². The Labute approximate surface area is 122 Å². The molecule has 0 saturated heterocycles. The van der Waals surface area contributed by atoms with Gasteiger partial charge in [0, 0.05) is 18.8 Å². The van der Waals surface area contributed by atoms with Crippen molar-refractivity contribution in [2.24, 2.45) is 5.92 Å². The number of sulfone groups is 1. The average Bonchev–Trinajstić information content (AvgIpc) is 2.35. The minimum atomic E-state index is -2.91. The summed E-state index contributed by atoms with van der Waals surface area (Å²) in [5.41, 5.74) is 1.12. The van der Waals surface area contributed by atoms with E-state index in [1.54, 1.807) is 0 Å². The third-order valence-corrected chi connectivity index (χ3v) is 3.83. The zero-order valence-electron chi connectivity index (χ0n) is 12.7. The van der Waals surface area contributed by atoms with Crippen LogP contribution in [0.5, 0.6) is 5.75 Å². The summed E-state index contributed by atoms with van der Waals surface area (Å²) in [6.45, 7) is 7.42. The average molecular weight is 299 g/mol. The molecule has 0 aliphatic heterocycles. The predicted molar refractivity (Wildman–Crippen MR) is 82.9 cm³/mol. The van der Waals surface area contributed by atoms with Gasteiger partial charge >= 0.3 is 0 Å². The molecule has 1 N–H and O–H groups in total. The Bertz CT molecular complexity index is 494. The maximum absolute atomic E-state index is 11.1. The van der Waals surface area contributed by atoms with Crippen molar-refractivity contribution in [3.63, 3.8) is 0 Å². The third kappa shape index (κ3) is 6.91. The van der Waals surface area contributed by atoms with Crippen LogP contribution in [0.4, 0.5) is 0 Å². The SMILES string of the molecule is CC(C)COc1ccc(C(C)NCCS(C)(=O)=O)cc1. The molecule has 0 heterocycles. The van der Waals surface area contributed by atoms with Gasteiger partial charge in [0.25, 0.3) is 0 Å². The van der Waals surface area contributed by atoms with E-state index in [0.717, 1.165) is 11.3 Å². The van der Waals surface area contributed by atoms with E-state index in [1.807, 2.05) is 31.2 Å². The Morgan fingerprint density at radius 1 is 1.15 bits per heavy atom. The molecule has 0 aliphatic rings. The van der Waals surface area contributed by atoms with Crippen LogP contribution in [0.15, 0.2) is 24.3 Å². The second kappa shape index (κ2) is 7.64. The zero-order chi connectivity index (χ0) is 15.2. The lowest BCUT2D eigenvalue weighted by atomic mass is 10.1. The smallest absolute Gasteiger partial charge is 0.148 e. The standard InChI is InChI=1S/C15H25NO3S/c1-12(2)11-19-15-7-5-14(6-8-15)13(3)16-9-10-20(4,17)18/h5-8,12-13,16H,9-11H2,1-4H3. The molecule has 0 spiro atoms. The van der Waals surface area contributed by atoms with E-state index in [4.69, 9.17) is 4.74 Å². The number of benzene rings is 1. The summed E-state index contributed by atoms with van der Waals surface area (Å²) in [6, 6.07) is 8.04. The summed E-state index contributed by atoms with van der Waals surface area (Å²) in [5.74, 6) is 1.53. The van der Waals surface area contributed by atoms with Crippen LogP contribution in [-0.4, -0.2) is 33.6 Å². The van der Waals surface area contributed by atoms with Crippen molar-refractivity contribution in [2.45, 2.75) is 26.8 Å². The molecule has 0 aromatic heterocycles. The topological polar surface area (TPSA) is 55.4 Å². The Kier molecular flexibility index (Phi) is 6.49. The molecular weight excluding hydrogens is 274 g/mol. The largest absolute Gasteiger partial charge is 0.493 e. The number of hydrogen-bond acceptors (Lipinski definition) is 4. The van der Waals surface area contributed by atoms with Crippen molar-refractivity contribution in [3.8, 4) is 5.75 Å². The summed E-state index contributed by atoms with van der Waals surface area (Å²) >= 11 is 0. The van der Waals surface area contributed by atoms with Crippen molar-refractivity contribution in [2.75, 3.05) is 25.2 Å². The first-order valence-corrected chi connectivity index (χ1v) is 8.98. The molecule has 0 amide bonds. The van der Waals surface area contributed by atoms with Crippen LogP contribution in [0.1, 0.15) is 32.4 Å². The highest BCUT2D eigenvalue weighted by molar-refractivity contribution is 7.90. The van der Waals surface area contributed by atoms with Gasteiger partial charge in [-0.25, -0.2) is 8.42 Å². The molecule has 1 atom stereocenters. The highest BCUT2D eigenvalue weighted by atomic mass is 32.2. The number of nitrogens with one attached hydrogen (secondary N) is 1. The highest BCUT2D eigenvalue weighted by Crippen LogP contribution is 2.18. The van der Waals surface area contributed by atoms with E-state index in [2.05, 4.69) is 19.2 Å². The van der Waals surface area contributed by atoms with Crippen molar-refractivity contribution < 1.29 is 13.2 Å². The van der Waals surface area contributed by atoms with E-state index in [9.17, 15) is 8.42 Å². The molecular formula is C15H25NO3S. The van der Waals surface area contributed by atoms with Crippen LogP contribution in [0.25, 0.3) is 0 Å². The first kappa shape index (κ1) is 17.0. The predicted octanol–water partition coefficient (Wildman–Crippen LogP) is 2.42. The lowest BCUT2D eigenvalue weighted by Gasteiger charge is -2.15. The van der Waals surface area contributed by atoms with Gasteiger partial charge in [-0.15, -0.1) is 0 Å². The zero-order valence-corrected chi connectivity index (χ0v) is 13.5. The van der Waals surface area contributed by atoms with Crippen LogP contribution in [0.3, 0.4) is 0 Å². The van der Waals surface area contributed by atoms with E-state index >= 15 is 0 Å². The fourth-order valence-corrected chi connectivity index (χ4v) is 2.18. The van der Waals surface area contributed by atoms with Gasteiger partial charge in [0.15, 0.2) is 0 Å². The summed E-state index contributed by atoms with van der Waals surface area (Å²) in [7, 11) is -2.91. The molecule has 0 fully saturated rings. The van der Waals surface area contributed by atoms with Gasteiger partial charge in [0.05, 0.1) is 12.4 Å². The second-order valence-electron chi connectivity index (χ2n) is 5.58. The van der Waals surface area contributed by atoms with Crippen LogP contribution in [-0.2, 0) is 9.84 Å². The van der Waals surface area contributed by atoms with Gasteiger partial charge in [-0.1, -0.05) is 26.0 Å². The van der Waals surface area contributed by atoms with E-state index in [1.165, 1.54) is 6.26 Å². The molecule has 1 aromatic rings. The number of rotatable bonds is 8. The molecule has 1 unspecified atom stereocenters. The normalized spacial score (nSPS) is 13.4. The molecule has 1 rings (SSSR count). The van der Waals surface area contributed by atoms with Gasteiger partial charge < -0.3 is 10.1 Å². The number of hydrogen-bond donors (Lipinski definition) is 1. The molecule has 1 aromatic carbocycles. The molecule has 0 radical (unpaired) electrons. The second-order valence-corrected chi connectivity index (χ2v) is 7.84. The summed E-state index contributed by atoms with van der Waals surface area (Å²) < 4.78 is 27.8. The fraction of sp³-hybridized carbons (Fsp3) is 0.600. The van der Waals surface area contributed by atoms with Gasteiger partial charge in [-0.05, 0) is 30.5 Å². The summed E-state index contributed by atoms with van der Waals surface area (Å²) in [5, 5.41) is 3.21. The Balaban J connectivity index is 2.46. The molecule has 5 heteroatoms. The Hall–Kier alpha value is -1.07. The van der Waals surface area contributed by atoms with Crippen molar-refractivity contribution in [1.29, 1.82) is 0 Å². The molecule has 20 heavy (non-hydrogen) atoms. The summed E-state index contributed by atoms with van der Waals surface area (Å²) in [4.78, 5) is 0. The summed E-state index contributed by atoms with van der Waals surface area (Å²) in [6.07, 6.45) is 1.25. The Morgan fingerprint density at radius 2 is 1.75 bits per heavy atom. The van der Waals surface area contributed by atoms with Crippen molar-refractivity contribution in [3.05, 3.63) is 29.8 Å². The molecule has 0 aliphatic carbocycles. The molecule has 0 bridgehead atoms. The monoisotopic (exact) mass is 299 g/mol. The van der Waals surface area contributed by atoms with Gasteiger partial charge in [0.1, 0.15) is 15.6 Å². The molecule has 0 saturated carbocycles. The highest BCUT2D eigenvalue weighted by Gasteiger charge is 2.07. The molecule has 114 valence electrons. The van der Waals surface area contributed by atoms with E-state index in [0.29, 0.717) is 19.1 Å². The third-order valence-electron chi connectivity index (χ3n) is 2.89. The Morgan fingerprint density at radius 3 is 2.25 bits per heavy atom.